The highest BCUT2D eigenvalue weighted by Crippen LogP contribution is 2.39. The predicted octanol–water partition coefficient (Wildman–Crippen LogP) is 2.34. The molecule has 5 heterocycles. The van der Waals surface area contributed by atoms with E-state index in [9.17, 15) is 13.2 Å². The molecule has 0 bridgehead atoms. The molecule has 216 valence electrons. The minimum Gasteiger partial charge on any atom is -0.481 e. The number of ether oxygens (including phenoxy) is 3. The third-order valence-electron chi connectivity index (χ3n) is 7.11. The van der Waals surface area contributed by atoms with E-state index in [1.54, 1.807) is 28.5 Å². The standard InChI is InChI=1S/C26H34N6O6S2/c1-17-20(15-30-5-7-32(8-6-30)26(33)37-3)22-23(39-17)21(28-25(29-22)31-9-11-38-12-10-31)18-13-19(16-40(4,34)35)24(36-2)27-14-18/h13-14H,5-12,15-16H2,1-4H3. The maximum Gasteiger partial charge on any atom is 0.409 e. The van der Waals surface area contributed by atoms with Crippen LogP contribution in [0.15, 0.2) is 12.3 Å². The fourth-order valence-corrected chi connectivity index (χ4v) is 6.93. The molecule has 2 fully saturated rings. The maximum absolute atomic E-state index is 12.1. The van der Waals surface area contributed by atoms with E-state index in [0.717, 1.165) is 33.7 Å². The lowest BCUT2D eigenvalue weighted by Crippen LogP contribution is -2.48. The number of sulfone groups is 1. The van der Waals surface area contributed by atoms with Crippen molar-refractivity contribution in [1.82, 2.24) is 24.8 Å². The van der Waals surface area contributed by atoms with Crippen molar-refractivity contribution < 1.29 is 27.4 Å². The lowest BCUT2D eigenvalue weighted by molar-refractivity contribution is 0.0890. The van der Waals surface area contributed by atoms with Gasteiger partial charge in [0.05, 0.1) is 49.1 Å². The van der Waals surface area contributed by atoms with Gasteiger partial charge in [0.15, 0.2) is 9.84 Å². The Morgan fingerprint density at radius 2 is 1.82 bits per heavy atom. The summed E-state index contributed by atoms with van der Waals surface area (Å²) in [5.74, 6) is 0.705. The average molecular weight is 591 g/mol. The van der Waals surface area contributed by atoms with E-state index in [4.69, 9.17) is 24.2 Å². The van der Waals surface area contributed by atoms with Crippen molar-refractivity contribution >= 4 is 43.4 Å². The molecule has 5 rings (SSSR count). The number of fused-ring (bicyclic) bond motifs is 1. The van der Waals surface area contributed by atoms with Crippen LogP contribution in [0.3, 0.4) is 0 Å². The van der Waals surface area contributed by atoms with Crippen molar-refractivity contribution in [3.8, 4) is 17.1 Å². The third-order valence-corrected chi connectivity index (χ3v) is 9.09. The molecular weight excluding hydrogens is 556 g/mol. The van der Waals surface area contributed by atoms with Crippen LogP contribution in [-0.2, 0) is 31.6 Å². The number of carbonyl (C=O) groups is 1. The number of pyridine rings is 1. The van der Waals surface area contributed by atoms with Gasteiger partial charge in [0, 0.05) is 79.8 Å². The minimum atomic E-state index is -3.32. The van der Waals surface area contributed by atoms with Crippen molar-refractivity contribution in [3.63, 3.8) is 0 Å². The van der Waals surface area contributed by atoms with Crippen LogP contribution >= 0.6 is 11.3 Å². The first kappa shape index (κ1) is 28.5. The van der Waals surface area contributed by atoms with Crippen LogP contribution in [0, 0.1) is 6.92 Å². The zero-order chi connectivity index (χ0) is 28.4. The van der Waals surface area contributed by atoms with Crippen LogP contribution in [-0.4, -0.2) is 112 Å². The van der Waals surface area contributed by atoms with E-state index in [1.165, 1.54) is 20.5 Å². The fraction of sp³-hybridized carbons (Fsp3) is 0.538. The van der Waals surface area contributed by atoms with Crippen LogP contribution in [0.4, 0.5) is 10.7 Å². The van der Waals surface area contributed by atoms with Gasteiger partial charge in [0.1, 0.15) is 0 Å². The van der Waals surface area contributed by atoms with E-state index < -0.39 is 9.84 Å². The molecule has 2 aliphatic heterocycles. The summed E-state index contributed by atoms with van der Waals surface area (Å²) in [5.41, 5.74) is 3.92. The molecule has 3 aromatic rings. The molecule has 12 nitrogen and oxygen atoms in total. The topological polar surface area (TPSA) is 127 Å². The number of hydrogen-bond donors (Lipinski definition) is 0. The Hall–Kier alpha value is -3.07. The number of rotatable bonds is 7. The zero-order valence-electron chi connectivity index (χ0n) is 23.2. The number of methoxy groups -OCH3 is 2. The number of aryl methyl sites for hydroxylation is 1. The SMILES string of the molecule is COC(=O)N1CCN(Cc2c(C)sc3c(-c4cnc(OC)c(CS(C)(=O)=O)c4)nc(N4CCOCC4)nc23)CC1. The van der Waals surface area contributed by atoms with E-state index in [0.29, 0.717) is 68.7 Å². The smallest absolute Gasteiger partial charge is 0.409 e. The molecule has 0 saturated carbocycles. The molecule has 14 heteroatoms. The molecule has 2 saturated heterocycles. The lowest BCUT2D eigenvalue weighted by Gasteiger charge is -2.33. The first-order valence-electron chi connectivity index (χ1n) is 13.1. The van der Waals surface area contributed by atoms with Gasteiger partial charge < -0.3 is 24.0 Å². The normalized spacial score (nSPS) is 16.9. The van der Waals surface area contributed by atoms with E-state index in [2.05, 4.69) is 21.7 Å². The van der Waals surface area contributed by atoms with Crippen LogP contribution in [0.25, 0.3) is 21.5 Å². The second-order valence-electron chi connectivity index (χ2n) is 9.98. The van der Waals surface area contributed by atoms with Gasteiger partial charge in [-0.15, -0.1) is 11.3 Å². The summed E-state index contributed by atoms with van der Waals surface area (Å²) >= 11 is 1.63. The first-order chi connectivity index (χ1) is 19.2. The quantitative estimate of drug-likeness (QED) is 0.402. The Bertz CT molecular complexity index is 1500. The summed E-state index contributed by atoms with van der Waals surface area (Å²) in [7, 11) is -0.433. The van der Waals surface area contributed by atoms with E-state index in [1.807, 2.05) is 0 Å². The Morgan fingerprint density at radius 3 is 2.48 bits per heavy atom. The van der Waals surface area contributed by atoms with Gasteiger partial charge in [-0.1, -0.05) is 0 Å². The number of thiophene rings is 1. The third kappa shape index (κ3) is 6.14. The summed E-state index contributed by atoms with van der Waals surface area (Å²) in [6, 6.07) is 1.80. The Morgan fingerprint density at radius 1 is 1.10 bits per heavy atom. The molecule has 2 aliphatic rings. The summed E-state index contributed by atoms with van der Waals surface area (Å²) in [6.07, 6.45) is 2.57. The van der Waals surface area contributed by atoms with Gasteiger partial charge >= 0.3 is 6.09 Å². The molecule has 0 spiro atoms. The largest absolute Gasteiger partial charge is 0.481 e. The number of amides is 1. The molecule has 40 heavy (non-hydrogen) atoms. The Balaban J connectivity index is 1.57. The van der Waals surface area contributed by atoms with Gasteiger partial charge in [-0.2, -0.15) is 0 Å². The molecule has 1 amide bonds. The minimum absolute atomic E-state index is 0.187. The second-order valence-corrected chi connectivity index (χ2v) is 13.3. The molecule has 0 atom stereocenters. The van der Waals surface area contributed by atoms with Crippen molar-refractivity contribution in [2.75, 3.05) is 77.9 Å². The van der Waals surface area contributed by atoms with E-state index >= 15 is 0 Å². The monoisotopic (exact) mass is 590 g/mol. The highest BCUT2D eigenvalue weighted by atomic mass is 32.2. The van der Waals surface area contributed by atoms with E-state index in [-0.39, 0.29) is 17.7 Å². The predicted molar refractivity (Wildman–Crippen MR) is 153 cm³/mol. The van der Waals surface area contributed by atoms with Crippen LogP contribution < -0.4 is 9.64 Å². The number of morpholine rings is 1. The first-order valence-corrected chi connectivity index (χ1v) is 15.9. The van der Waals surface area contributed by atoms with Crippen LogP contribution in [0.2, 0.25) is 0 Å². The van der Waals surface area contributed by atoms with Crippen LogP contribution in [0.5, 0.6) is 5.88 Å². The Labute approximate surface area is 237 Å². The van der Waals surface area contributed by atoms with Crippen molar-refractivity contribution in [3.05, 3.63) is 28.3 Å². The molecule has 0 N–H and O–H groups in total. The maximum atomic E-state index is 12.1. The Kier molecular flexibility index (Phi) is 8.40. The van der Waals surface area contributed by atoms with Crippen LogP contribution in [0.1, 0.15) is 16.0 Å². The second kappa shape index (κ2) is 11.8. The fourth-order valence-electron chi connectivity index (χ4n) is 5.05. The average Bonchev–Trinajstić information content (AvgIpc) is 3.26. The number of anilines is 1. The number of piperazine rings is 1. The molecule has 0 radical (unpaired) electrons. The summed E-state index contributed by atoms with van der Waals surface area (Å²) in [6.45, 7) is 8.01. The van der Waals surface area contributed by atoms with Crippen molar-refractivity contribution in [2.24, 2.45) is 0 Å². The number of hydrogen-bond acceptors (Lipinski definition) is 12. The van der Waals surface area contributed by atoms with Gasteiger partial charge in [-0.25, -0.2) is 28.2 Å². The lowest BCUT2D eigenvalue weighted by atomic mass is 10.1. The number of nitrogens with zero attached hydrogens (tertiary/aromatic N) is 6. The van der Waals surface area contributed by atoms with Gasteiger partial charge in [0.25, 0.3) is 0 Å². The van der Waals surface area contributed by atoms with Crippen molar-refractivity contribution in [1.29, 1.82) is 0 Å². The molecule has 0 unspecified atom stereocenters. The molecular formula is C26H34N6O6S2. The summed E-state index contributed by atoms with van der Waals surface area (Å²) in [5, 5.41) is 0. The molecule has 0 aliphatic carbocycles. The summed E-state index contributed by atoms with van der Waals surface area (Å²) in [4.78, 5) is 33.7. The summed E-state index contributed by atoms with van der Waals surface area (Å²) < 4.78 is 41.0. The number of carbonyl (C=O) groups excluding carboxylic acids is 1. The number of aromatic nitrogens is 3. The van der Waals surface area contributed by atoms with Gasteiger partial charge in [0.2, 0.25) is 11.8 Å². The molecule has 3 aromatic heterocycles. The van der Waals surface area contributed by atoms with Crippen molar-refractivity contribution in [2.45, 2.75) is 19.2 Å². The van der Waals surface area contributed by atoms with Gasteiger partial charge in [-0.05, 0) is 13.0 Å². The van der Waals surface area contributed by atoms with Gasteiger partial charge in [-0.3, -0.25) is 4.90 Å². The highest BCUT2D eigenvalue weighted by molar-refractivity contribution is 7.89. The zero-order valence-corrected chi connectivity index (χ0v) is 24.8. The highest BCUT2D eigenvalue weighted by Gasteiger charge is 2.26. The molecule has 0 aromatic carbocycles.